The molecule has 0 saturated heterocycles. The van der Waals surface area contributed by atoms with Gasteiger partial charge in [-0.1, -0.05) is 27.7 Å². The van der Waals surface area contributed by atoms with Crippen LogP contribution in [0.5, 0.6) is 0 Å². The zero-order valence-corrected chi connectivity index (χ0v) is 21.9. The van der Waals surface area contributed by atoms with Gasteiger partial charge in [0.2, 0.25) is 6.29 Å². The van der Waals surface area contributed by atoms with Gasteiger partial charge in [-0.15, -0.1) is 0 Å². The Morgan fingerprint density at radius 1 is 1.06 bits per heavy atom. The lowest BCUT2D eigenvalue weighted by atomic mass is 9.43. The molecule has 12 atom stereocenters. The second-order valence-corrected chi connectivity index (χ2v) is 12.6. The summed E-state index contributed by atoms with van der Waals surface area (Å²) < 4.78 is 10.6. The van der Waals surface area contributed by atoms with Crippen LogP contribution in [0.2, 0.25) is 0 Å². The van der Waals surface area contributed by atoms with Crippen molar-refractivity contribution < 1.29 is 29.6 Å². The lowest BCUT2D eigenvalue weighted by Crippen LogP contribution is -2.62. The molecule has 0 aliphatic heterocycles. The van der Waals surface area contributed by atoms with E-state index in [1.165, 1.54) is 0 Å². The van der Waals surface area contributed by atoms with E-state index in [-0.39, 0.29) is 34.9 Å². The maximum Gasteiger partial charge on any atom is 0.308 e. The molecule has 196 valence electrons. The Morgan fingerprint density at radius 3 is 2.47 bits per heavy atom. The highest BCUT2D eigenvalue weighted by atomic mass is 16.7. The Labute approximate surface area is 205 Å². The number of esters is 1. The van der Waals surface area contributed by atoms with Gasteiger partial charge in [-0.05, 0) is 97.7 Å². The zero-order chi connectivity index (χ0) is 24.8. The molecule has 0 amide bonds. The van der Waals surface area contributed by atoms with E-state index in [4.69, 9.17) is 9.47 Å². The molecule has 1 unspecified atom stereocenters. The number of aliphatic hydroxyl groups is 3. The number of carbonyl (C=O) groups excluding carboxylic acids is 1. The van der Waals surface area contributed by atoms with E-state index < -0.39 is 12.4 Å². The van der Waals surface area contributed by atoms with E-state index in [0.717, 1.165) is 51.4 Å². The molecular formula is C28H48O6. The van der Waals surface area contributed by atoms with Crippen LogP contribution < -0.4 is 0 Å². The van der Waals surface area contributed by atoms with Gasteiger partial charge in [0, 0.05) is 20.0 Å². The summed E-state index contributed by atoms with van der Waals surface area (Å²) in [7, 11) is 1.55. The van der Waals surface area contributed by atoms with Crippen LogP contribution in [-0.2, 0) is 14.3 Å². The minimum Gasteiger partial charge on any atom is -0.436 e. The Morgan fingerprint density at radius 2 is 1.79 bits per heavy atom. The van der Waals surface area contributed by atoms with Crippen molar-refractivity contribution in [3.05, 3.63) is 0 Å². The molecule has 0 heterocycles. The standard InChI is InChI=1S/C28H48O6/c1-6-25(33-5)34-24(32)10-7-16(2)19-8-9-20-26-21(15-23(31)28(19,20)4)27(3)12-11-18(29)13-17(27)14-22(26)30/h16-23,25-26,29-31H,6-15H2,1-5H3/t16-,17+,18-,19-,20+,21+,22-,23+,25?,26+,27+,28-/m1/s1. The predicted octanol–water partition coefficient (Wildman–Crippen LogP) is 4.29. The third-order valence-corrected chi connectivity index (χ3v) is 11.2. The van der Waals surface area contributed by atoms with Gasteiger partial charge in [-0.2, -0.15) is 0 Å². The minimum atomic E-state index is -0.479. The quantitative estimate of drug-likeness (QED) is 0.372. The molecule has 0 aromatic carbocycles. The Balaban J connectivity index is 1.47. The molecule has 0 bridgehead atoms. The second kappa shape index (κ2) is 9.99. The lowest BCUT2D eigenvalue weighted by molar-refractivity contribution is -0.207. The van der Waals surface area contributed by atoms with Crippen molar-refractivity contribution in [2.24, 2.45) is 46.3 Å². The van der Waals surface area contributed by atoms with Gasteiger partial charge in [0.1, 0.15) is 0 Å². The van der Waals surface area contributed by atoms with Gasteiger partial charge >= 0.3 is 5.97 Å². The zero-order valence-electron chi connectivity index (χ0n) is 21.9. The van der Waals surface area contributed by atoms with Crippen LogP contribution in [0.15, 0.2) is 0 Å². The number of hydrogen-bond donors (Lipinski definition) is 3. The molecule has 0 aromatic heterocycles. The number of methoxy groups -OCH3 is 1. The summed E-state index contributed by atoms with van der Waals surface area (Å²) in [5.41, 5.74) is -0.141. The molecule has 6 heteroatoms. The SMILES string of the molecule is CCC(OC)OC(=O)CC[C@@H](C)[C@H]1CC[C@H]2[C@@H]3[C@H](O)C[C@@H]4C[C@H](O)CC[C@]4(C)[C@H]3C[C@H](O)[C@]12C. The fourth-order valence-corrected chi connectivity index (χ4v) is 9.18. The summed E-state index contributed by atoms with van der Waals surface area (Å²) in [6.45, 7) is 8.77. The second-order valence-electron chi connectivity index (χ2n) is 12.6. The van der Waals surface area contributed by atoms with Crippen molar-refractivity contribution in [1.29, 1.82) is 0 Å². The van der Waals surface area contributed by atoms with Crippen molar-refractivity contribution in [3.63, 3.8) is 0 Å². The van der Waals surface area contributed by atoms with Gasteiger partial charge in [0.15, 0.2) is 0 Å². The van der Waals surface area contributed by atoms with E-state index >= 15 is 0 Å². The van der Waals surface area contributed by atoms with Crippen molar-refractivity contribution in [1.82, 2.24) is 0 Å². The first-order chi connectivity index (χ1) is 16.1. The van der Waals surface area contributed by atoms with Crippen molar-refractivity contribution in [2.45, 2.75) is 117 Å². The van der Waals surface area contributed by atoms with Crippen LogP contribution >= 0.6 is 0 Å². The highest BCUT2D eigenvalue weighted by Crippen LogP contribution is 2.68. The molecule has 4 aliphatic rings. The fourth-order valence-electron chi connectivity index (χ4n) is 9.18. The van der Waals surface area contributed by atoms with Gasteiger partial charge in [-0.3, -0.25) is 4.79 Å². The monoisotopic (exact) mass is 480 g/mol. The number of fused-ring (bicyclic) bond motifs is 5. The van der Waals surface area contributed by atoms with Crippen molar-refractivity contribution >= 4 is 5.97 Å². The van der Waals surface area contributed by atoms with Crippen molar-refractivity contribution in [2.75, 3.05) is 7.11 Å². The van der Waals surface area contributed by atoms with Gasteiger partial charge in [-0.25, -0.2) is 0 Å². The summed E-state index contributed by atoms with van der Waals surface area (Å²) >= 11 is 0. The Hall–Kier alpha value is -0.690. The summed E-state index contributed by atoms with van der Waals surface area (Å²) in [4.78, 5) is 12.3. The average molecular weight is 481 g/mol. The lowest BCUT2D eigenvalue weighted by Gasteiger charge is -2.63. The highest BCUT2D eigenvalue weighted by Gasteiger charge is 2.65. The number of carbonyl (C=O) groups is 1. The van der Waals surface area contributed by atoms with Gasteiger partial charge in [0.05, 0.1) is 18.3 Å². The Bertz CT molecular complexity index is 724. The van der Waals surface area contributed by atoms with Crippen LogP contribution in [0, 0.1) is 46.3 Å². The van der Waals surface area contributed by atoms with Gasteiger partial charge < -0.3 is 24.8 Å². The van der Waals surface area contributed by atoms with Crippen LogP contribution in [0.3, 0.4) is 0 Å². The third kappa shape index (κ3) is 4.35. The molecule has 0 aromatic rings. The molecule has 4 saturated carbocycles. The minimum absolute atomic E-state index is 0.0933. The largest absolute Gasteiger partial charge is 0.436 e. The number of hydrogen-bond acceptors (Lipinski definition) is 6. The Kier molecular flexibility index (Phi) is 7.75. The molecule has 4 aliphatic carbocycles. The maximum absolute atomic E-state index is 12.3. The third-order valence-electron chi connectivity index (χ3n) is 11.2. The van der Waals surface area contributed by atoms with Gasteiger partial charge in [0.25, 0.3) is 0 Å². The number of rotatable bonds is 7. The first kappa shape index (κ1) is 26.4. The molecular weight excluding hydrogens is 432 g/mol. The molecule has 3 N–H and O–H groups in total. The summed E-state index contributed by atoms with van der Waals surface area (Å²) in [5, 5.41) is 33.3. The summed E-state index contributed by atoms with van der Waals surface area (Å²) in [6.07, 6.45) is 6.48. The van der Waals surface area contributed by atoms with Crippen molar-refractivity contribution in [3.8, 4) is 0 Å². The molecule has 34 heavy (non-hydrogen) atoms. The molecule has 0 spiro atoms. The molecule has 4 rings (SSSR count). The fraction of sp³-hybridized carbons (Fsp3) is 0.964. The van der Waals surface area contributed by atoms with Crippen LogP contribution in [-0.4, -0.2) is 53.0 Å². The summed E-state index contributed by atoms with van der Waals surface area (Å²) in [5.74, 6) is 1.58. The highest BCUT2D eigenvalue weighted by molar-refractivity contribution is 5.69. The normalized spacial score (nSPS) is 47.8. The first-order valence-electron chi connectivity index (χ1n) is 13.8. The smallest absolute Gasteiger partial charge is 0.308 e. The van der Waals surface area contributed by atoms with E-state index in [1.54, 1.807) is 7.11 Å². The summed E-state index contributed by atoms with van der Waals surface area (Å²) in [6, 6.07) is 0. The first-order valence-corrected chi connectivity index (χ1v) is 13.8. The molecule has 0 radical (unpaired) electrons. The van der Waals surface area contributed by atoms with E-state index in [2.05, 4.69) is 20.8 Å². The van der Waals surface area contributed by atoms with E-state index in [9.17, 15) is 20.1 Å². The topological polar surface area (TPSA) is 96.2 Å². The van der Waals surface area contributed by atoms with E-state index in [1.807, 2.05) is 6.92 Å². The van der Waals surface area contributed by atoms with Crippen LogP contribution in [0.1, 0.15) is 91.9 Å². The molecule has 4 fully saturated rings. The van der Waals surface area contributed by atoms with Crippen LogP contribution in [0.4, 0.5) is 0 Å². The van der Waals surface area contributed by atoms with E-state index in [0.29, 0.717) is 42.4 Å². The van der Waals surface area contributed by atoms with Crippen LogP contribution in [0.25, 0.3) is 0 Å². The average Bonchev–Trinajstić information content (AvgIpc) is 3.16. The number of ether oxygens (including phenoxy) is 2. The molecule has 6 nitrogen and oxygen atoms in total. The number of aliphatic hydroxyl groups excluding tert-OH is 3. The predicted molar refractivity (Wildman–Crippen MR) is 130 cm³/mol. The maximum atomic E-state index is 12.3.